The number of likely N-dealkylation sites (tertiary alicyclic amines) is 1. The Morgan fingerprint density at radius 1 is 1.24 bits per heavy atom. The highest BCUT2D eigenvalue weighted by Gasteiger charge is 2.30. The van der Waals surface area contributed by atoms with Crippen molar-refractivity contribution in [1.29, 1.82) is 0 Å². The Morgan fingerprint density at radius 2 is 1.92 bits per heavy atom. The molecule has 5 nitrogen and oxygen atoms in total. The van der Waals surface area contributed by atoms with Crippen molar-refractivity contribution in [2.24, 2.45) is 0 Å². The van der Waals surface area contributed by atoms with Crippen molar-refractivity contribution in [3.8, 4) is 0 Å². The minimum Gasteiger partial charge on any atom is -0.462 e. The zero-order valence-corrected chi connectivity index (χ0v) is 15.5. The van der Waals surface area contributed by atoms with Crippen molar-refractivity contribution < 1.29 is 19.1 Å². The van der Waals surface area contributed by atoms with E-state index in [-0.39, 0.29) is 18.1 Å². The summed E-state index contributed by atoms with van der Waals surface area (Å²) in [6.45, 7) is 8.48. The van der Waals surface area contributed by atoms with E-state index in [0.29, 0.717) is 18.7 Å². The van der Waals surface area contributed by atoms with Gasteiger partial charge < -0.3 is 14.4 Å². The third-order valence-electron chi connectivity index (χ3n) is 3.86. The zero-order valence-electron chi connectivity index (χ0n) is 15.5. The molecule has 0 spiro atoms. The number of esters is 1. The number of amides is 1. The van der Waals surface area contributed by atoms with Gasteiger partial charge in [0.1, 0.15) is 5.60 Å². The average molecular weight is 345 g/mol. The standard InChI is InChI=1S/C20H27NO4/c1-5-24-18(22)16-11-8-15(9-12-16)10-13-17-7-6-14-21(17)19(23)25-20(2,3)4/h8-13,17H,5-7,14H2,1-4H3/b13-10+. The Morgan fingerprint density at radius 3 is 2.52 bits per heavy atom. The van der Waals surface area contributed by atoms with Crippen LogP contribution in [0.4, 0.5) is 4.79 Å². The van der Waals surface area contributed by atoms with Gasteiger partial charge in [-0.05, 0) is 58.2 Å². The number of carbonyl (C=O) groups is 2. The lowest BCUT2D eigenvalue weighted by Crippen LogP contribution is -2.39. The molecule has 0 radical (unpaired) electrons. The molecule has 0 aliphatic carbocycles. The number of rotatable bonds is 4. The van der Waals surface area contributed by atoms with Gasteiger partial charge in [-0.25, -0.2) is 9.59 Å². The lowest BCUT2D eigenvalue weighted by atomic mass is 10.1. The van der Waals surface area contributed by atoms with Crippen LogP contribution in [0.3, 0.4) is 0 Å². The number of benzene rings is 1. The Hall–Kier alpha value is -2.30. The third-order valence-corrected chi connectivity index (χ3v) is 3.86. The number of hydrogen-bond acceptors (Lipinski definition) is 4. The normalized spacial score (nSPS) is 17.8. The summed E-state index contributed by atoms with van der Waals surface area (Å²) in [5.74, 6) is -0.315. The number of ether oxygens (including phenoxy) is 2. The highest BCUT2D eigenvalue weighted by Crippen LogP contribution is 2.22. The first kappa shape index (κ1) is 19.0. The second-order valence-corrected chi connectivity index (χ2v) is 7.08. The van der Waals surface area contributed by atoms with E-state index in [1.165, 1.54) is 0 Å². The molecular formula is C20H27NO4. The maximum absolute atomic E-state index is 12.3. The third kappa shape index (κ3) is 5.62. The lowest BCUT2D eigenvalue weighted by Gasteiger charge is -2.27. The van der Waals surface area contributed by atoms with Crippen molar-refractivity contribution in [1.82, 2.24) is 4.90 Å². The molecule has 1 amide bonds. The molecule has 5 heteroatoms. The summed E-state index contributed by atoms with van der Waals surface area (Å²) in [6, 6.07) is 7.28. The van der Waals surface area contributed by atoms with Gasteiger partial charge in [0.2, 0.25) is 0 Å². The van der Waals surface area contributed by atoms with Crippen molar-refractivity contribution >= 4 is 18.1 Å². The quantitative estimate of drug-likeness (QED) is 0.765. The van der Waals surface area contributed by atoms with Crippen LogP contribution in [0.25, 0.3) is 6.08 Å². The SMILES string of the molecule is CCOC(=O)c1ccc(/C=C/C2CCCN2C(=O)OC(C)(C)C)cc1. The van der Waals surface area contributed by atoms with E-state index in [0.717, 1.165) is 18.4 Å². The van der Waals surface area contributed by atoms with Crippen LogP contribution in [0, 0.1) is 0 Å². The second-order valence-electron chi connectivity index (χ2n) is 7.08. The van der Waals surface area contributed by atoms with E-state index in [2.05, 4.69) is 0 Å². The van der Waals surface area contributed by atoms with Crippen LogP contribution in [0.15, 0.2) is 30.3 Å². The number of hydrogen-bond donors (Lipinski definition) is 0. The van der Waals surface area contributed by atoms with Gasteiger partial charge in [0, 0.05) is 6.54 Å². The molecule has 1 unspecified atom stereocenters. The summed E-state index contributed by atoms with van der Waals surface area (Å²) in [7, 11) is 0. The van der Waals surface area contributed by atoms with E-state index in [4.69, 9.17) is 9.47 Å². The molecule has 1 fully saturated rings. The first-order valence-electron chi connectivity index (χ1n) is 8.75. The van der Waals surface area contributed by atoms with E-state index in [1.54, 1.807) is 24.0 Å². The summed E-state index contributed by atoms with van der Waals surface area (Å²) < 4.78 is 10.4. The van der Waals surface area contributed by atoms with Crippen molar-refractivity contribution in [3.05, 3.63) is 41.5 Å². The van der Waals surface area contributed by atoms with Crippen LogP contribution in [-0.4, -0.2) is 41.8 Å². The molecule has 0 aromatic heterocycles. The van der Waals surface area contributed by atoms with Gasteiger partial charge in [0.25, 0.3) is 0 Å². The topological polar surface area (TPSA) is 55.8 Å². The fourth-order valence-electron chi connectivity index (χ4n) is 2.71. The number of nitrogens with zero attached hydrogens (tertiary/aromatic N) is 1. The maximum atomic E-state index is 12.3. The molecule has 1 saturated heterocycles. The highest BCUT2D eigenvalue weighted by atomic mass is 16.6. The summed E-state index contributed by atoms with van der Waals surface area (Å²) >= 11 is 0. The van der Waals surface area contributed by atoms with Crippen molar-refractivity contribution in [3.63, 3.8) is 0 Å². The smallest absolute Gasteiger partial charge is 0.410 e. The predicted molar refractivity (Wildman–Crippen MR) is 97.4 cm³/mol. The molecule has 1 aromatic rings. The Labute approximate surface area is 149 Å². The van der Waals surface area contributed by atoms with Crippen LogP contribution in [0.1, 0.15) is 56.5 Å². The van der Waals surface area contributed by atoms with Gasteiger partial charge in [-0.15, -0.1) is 0 Å². The molecule has 136 valence electrons. The van der Waals surface area contributed by atoms with Crippen LogP contribution < -0.4 is 0 Å². The Balaban J connectivity index is 2.00. The molecule has 2 rings (SSSR count). The molecule has 1 atom stereocenters. The first-order chi connectivity index (χ1) is 11.8. The monoisotopic (exact) mass is 345 g/mol. The average Bonchev–Trinajstić information content (AvgIpc) is 3.01. The summed E-state index contributed by atoms with van der Waals surface area (Å²) in [5.41, 5.74) is 1.02. The van der Waals surface area contributed by atoms with Crippen molar-refractivity contribution in [2.45, 2.75) is 52.2 Å². The molecule has 1 heterocycles. The molecule has 1 aromatic carbocycles. The fourth-order valence-corrected chi connectivity index (χ4v) is 2.71. The highest BCUT2D eigenvalue weighted by molar-refractivity contribution is 5.89. The molecule has 0 N–H and O–H groups in total. The van der Waals surface area contributed by atoms with Gasteiger partial charge in [-0.1, -0.05) is 24.3 Å². The molecule has 1 aliphatic heterocycles. The molecule has 0 bridgehead atoms. The summed E-state index contributed by atoms with van der Waals surface area (Å²) in [6.07, 6.45) is 5.63. The molecule has 25 heavy (non-hydrogen) atoms. The van der Waals surface area contributed by atoms with Crippen LogP contribution >= 0.6 is 0 Å². The lowest BCUT2D eigenvalue weighted by molar-refractivity contribution is 0.0256. The van der Waals surface area contributed by atoms with E-state index >= 15 is 0 Å². The molecular weight excluding hydrogens is 318 g/mol. The largest absolute Gasteiger partial charge is 0.462 e. The number of carbonyl (C=O) groups excluding carboxylic acids is 2. The minimum absolute atomic E-state index is 0.0413. The van der Waals surface area contributed by atoms with Gasteiger partial charge in [0.05, 0.1) is 18.2 Å². The van der Waals surface area contributed by atoms with E-state index in [1.807, 2.05) is 45.1 Å². The van der Waals surface area contributed by atoms with E-state index in [9.17, 15) is 9.59 Å². The van der Waals surface area contributed by atoms with E-state index < -0.39 is 5.60 Å². The maximum Gasteiger partial charge on any atom is 0.410 e. The Kier molecular flexibility index (Phi) is 6.23. The molecule has 0 saturated carbocycles. The first-order valence-corrected chi connectivity index (χ1v) is 8.75. The minimum atomic E-state index is -0.489. The van der Waals surface area contributed by atoms with Crippen LogP contribution in [-0.2, 0) is 9.47 Å². The predicted octanol–water partition coefficient (Wildman–Crippen LogP) is 4.28. The van der Waals surface area contributed by atoms with Crippen LogP contribution in [0.2, 0.25) is 0 Å². The van der Waals surface area contributed by atoms with Gasteiger partial charge in [0.15, 0.2) is 0 Å². The Bertz CT molecular complexity index is 628. The second kappa shape index (κ2) is 8.19. The van der Waals surface area contributed by atoms with Gasteiger partial charge in [-0.3, -0.25) is 0 Å². The van der Waals surface area contributed by atoms with Crippen molar-refractivity contribution in [2.75, 3.05) is 13.2 Å². The van der Waals surface area contributed by atoms with Crippen LogP contribution in [0.5, 0.6) is 0 Å². The van der Waals surface area contributed by atoms with Gasteiger partial charge in [-0.2, -0.15) is 0 Å². The molecule has 1 aliphatic rings. The zero-order chi connectivity index (χ0) is 18.4. The summed E-state index contributed by atoms with van der Waals surface area (Å²) in [4.78, 5) is 25.7. The fraction of sp³-hybridized carbons (Fsp3) is 0.500. The summed E-state index contributed by atoms with van der Waals surface area (Å²) in [5, 5.41) is 0. The van der Waals surface area contributed by atoms with Gasteiger partial charge >= 0.3 is 12.1 Å².